The fourth-order valence-electron chi connectivity index (χ4n) is 3.27. The van der Waals surface area contributed by atoms with E-state index in [0.29, 0.717) is 6.04 Å². The second-order valence-corrected chi connectivity index (χ2v) is 6.81. The van der Waals surface area contributed by atoms with Crippen molar-refractivity contribution in [2.75, 3.05) is 0 Å². The van der Waals surface area contributed by atoms with E-state index in [0.717, 1.165) is 18.4 Å². The molecular weight excluding hydrogens is 300 g/mol. The van der Waals surface area contributed by atoms with Crippen LogP contribution in [0.4, 0.5) is 0 Å². The molecule has 24 heavy (non-hydrogen) atoms. The summed E-state index contributed by atoms with van der Waals surface area (Å²) in [6, 6.07) is 10.1. The zero-order valence-corrected chi connectivity index (χ0v) is 14.7. The topological polar surface area (TPSA) is 58.2 Å². The van der Waals surface area contributed by atoms with E-state index in [1.54, 1.807) is 0 Å². The molecule has 1 saturated carbocycles. The first-order valence-electron chi connectivity index (χ1n) is 9.29. The average Bonchev–Trinajstić information content (AvgIpc) is 2.56. The van der Waals surface area contributed by atoms with Gasteiger partial charge >= 0.3 is 0 Å². The largest absolute Gasteiger partial charge is 0.353 e. The highest BCUT2D eigenvalue weighted by Gasteiger charge is 2.15. The van der Waals surface area contributed by atoms with Gasteiger partial charge in [-0.2, -0.15) is 0 Å². The lowest BCUT2D eigenvalue weighted by Crippen LogP contribution is -2.36. The maximum atomic E-state index is 12.1. The maximum absolute atomic E-state index is 12.1. The summed E-state index contributed by atoms with van der Waals surface area (Å²) in [5.74, 6) is -0.0674. The van der Waals surface area contributed by atoms with E-state index < -0.39 is 0 Å². The van der Waals surface area contributed by atoms with E-state index >= 15 is 0 Å². The van der Waals surface area contributed by atoms with Gasteiger partial charge in [-0.05, 0) is 25.3 Å². The van der Waals surface area contributed by atoms with Crippen molar-refractivity contribution in [3.05, 3.63) is 35.9 Å². The number of rotatable bonds is 6. The molecule has 0 aromatic heterocycles. The molecule has 1 aliphatic carbocycles. The summed E-state index contributed by atoms with van der Waals surface area (Å²) in [5, 5.41) is 6.06. The zero-order chi connectivity index (χ0) is 17.2. The highest BCUT2D eigenvalue weighted by molar-refractivity contribution is 5.84. The van der Waals surface area contributed by atoms with Crippen LogP contribution in [0.2, 0.25) is 0 Å². The summed E-state index contributed by atoms with van der Waals surface area (Å²) in [7, 11) is 0. The van der Waals surface area contributed by atoms with E-state index in [-0.39, 0.29) is 30.7 Å². The molecule has 1 aromatic carbocycles. The molecule has 2 amide bonds. The number of carbonyl (C=O) groups excluding carboxylic acids is 2. The van der Waals surface area contributed by atoms with Crippen molar-refractivity contribution in [3.8, 4) is 0 Å². The Morgan fingerprint density at radius 3 is 2.21 bits per heavy atom. The minimum absolute atomic E-state index is 0.00286. The summed E-state index contributed by atoms with van der Waals surface area (Å²) in [6.45, 7) is 1.96. The Morgan fingerprint density at radius 2 is 1.54 bits per heavy atom. The van der Waals surface area contributed by atoms with Crippen LogP contribution in [0, 0.1) is 0 Å². The second kappa shape index (κ2) is 10.1. The second-order valence-electron chi connectivity index (χ2n) is 6.81. The molecule has 1 unspecified atom stereocenters. The SMILES string of the molecule is CC(NC(=O)CCC(=O)NC1CCCCCCC1)c1ccccc1. The van der Waals surface area contributed by atoms with Crippen LogP contribution in [-0.4, -0.2) is 17.9 Å². The summed E-state index contributed by atoms with van der Waals surface area (Å²) >= 11 is 0. The van der Waals surface area contributed by atoms with Gasteiger partial charge in [-0.15, -0.1) is 0 Å². The fourth-order valence-corrected chi connectivity index (χ4v) is 3.27. The molecule has 1 aliphatic rings. The number of hydrogen-bond acceptors (Lipinski definition) is 2. The number of amides is 2. The Labute approximate surface area is 145 Å². The molecule has 2 rings (SSSR count). The van der Waals surface area contributed by atoms with Crippen molar-refractivity contribution in [3.63, 3.8) is 0 Å². The van der Waals surface area contributed by atoms with Crippen LogP contribution in [0.5, 0.6) is 0 Å². The summed E-state index contributed by atoms with van der Waals surface area (Å²) in [4.78, 5) is 24.1. The van der Waals surface area contributed by atoms with Crippen LogP contribution in [0.3, 0.4) is 0 Å². The van der Waals surface area contributed by atoms with Crippen molar-refractivity contribution in [1.82, 2.24) is 10.6 Å². The van der Waals surface area contributed by atoms with E-state index in [1.807, 2.05) is 37.3 Å². The Kier molecular flexibility index (Phi) is 7.80. The van der Waals surface area contributed by atoms with Crippen LogP contribution >= 0.6 is 0 Å². The Morgan fingerprint density at radius 1 is 0.958 bits per heavy atom. The lowest BCUT2D eigenvalue weighted by molar-refractivity contribution is -0.127. The molecule has 0 saturated heterocycles. The van der Waals surface area contributed by atoms with E-state index in [4.69, 9.17) is 0 Å². The highest BCUT2D eigenvalue weighted by Crippen LogP contribution is 2.17. The first-order valence-corrected chi connectivity index (χ1v) is 9.29. The fraction of sp³-hybridized carbons (Fsp3) is 0.600. The molecule has 0 spiro atoms. The van der Waals surface area contributed by atoms with Crippen LogP contribution in [0.25, 0.3) is 0 Å². The van der Waals surface area contributed by atoms with E-state index in [1.165, 1.54) is 32.1 Å². The molecule has 4 heteroatoms. The van der Waals surface area contributed by atoms with Crippen LogP contribution in [-0.2, 0) is 9.59 Å². The third-order valence-corrected chi connectivity index (χ3v) is 4.73. The van der Waals surface area contributed by atoms with Gasteiger partial charge in [0, 0.05) is 18.9 Å². The summed E-state index contributed by atoms with van der Waals surface area (Å²) in [5.41, 5.74) is 1.07. The van der Waals surface area contributed by atoms with Crippen molar-refractivity contribution < 1.29 is 9.59 Å². The molecule has 0 bridgehead atoms. The molecule has 2 N–H and O–H groups in total. The van der Waals surface area contributed by atoms with Crippen molar-refractivity contribution in [1.29, 1.82) is 0 Å². The standard InChI is InChI=1S/C20H30N2O2/c1-16(17-10-6-5-7-11-17)21-19(23)14-15-20(24)22-18-12-8-3-2-4-9-13-18/h5-7,10-11,16,18H,2-4,8-9,12-15H2,1H3,(H,21,23)(H,22,24). The van der Waals surface area contributed by atoms with Gasteiger partial charge < -0.3 is 10.6 Å². The Hall–Kier alpha value is -1.84. The number of nitrogens with one attached hydrogen (secondary N) is 2. The number of carbonyl (C=O) groups is 2. The predicted octanol–water partition coefficient (Wildman–Crippen LogP) is 3.87. The van der Waals surface area contributed by atoms with Gasteiger partial charge in [0.05, 0.1) is 6.04 Å². The number of hydrogen-bond donors (Lipinski definition) is 2. The normalized spacial score (nSPS) is 17.4. The summed E-state index contributed by atoms with van der Waals surface area (Å²) < 4.78 is 0. The molecule has 4 nitrogen and oxygen atoms in total. The van der Waals surface area contributed by atoms with Crippen LogP contribution in [0.15, 0.2) is 30.3 Å². The first-order chi connectivity index (χ1) is 11.6. The average molecular weight is 330 g/mol. The third kappa shape index (κ3) is 6.73. The quantitative estimate of drug-likeness (QED) is 0.832. The minimum Gasteiger partial charge on any atom is -0.353 e. The molecule has 0 aliphatic heterocycles. The molecule has 1 fully saturated rings. The molecule has 1 atom stereocenters. The minimum atomic E-state index is -0.0702. The molecule has 1 aromatic rings. The predicted molar refractivity (Wildman–Crippen MR) is 96.5 cm³/mol. The zero-order valence-electron chi connectivity index (χ0n) is 14.7. The monoisotopic (exact) mass is 330 g/mol. The molecule has 132 valence electrons. The lowest BCUT2D eigenvalue weighted by Gasteiger charge is -2.21. The molecule has 0 radical (unpaired) electrons. The van der Waals surface area contributed by atoms with Gasteiger partial charge in [0.25, 0.3) is 0 Å². The Bertz CT molecular complexity index is 508. The van der Waals surface area contributed by atoms with Crippen molar-refractivity contribution >= 4 is 11.8 Å². The van der Waals surface area contributed by atoms with Gasteiger partial charge in [0.15, 0.2) is 0 Å². The van der Waals surface area contributed by atoms with Gasteiger partial charge in [-0.1, -0.05) is 62.4 Å². The van der Waals surface area contributed by atoms with Gasteiger partial charge in [-0.3, -0.25) is 9.59 Å². The maximum Gasteiger partial charge on any atom is 0.220 e. The van der Waals surface area contributed by atoms with Crippen LogP contribution in [0.1, 0.15) is 76.3 Å². The van der Waals surface area contributed by atoms with Gasteiger partial charge in [-0.25, -0.2) is 0 Å². The first kappa shape index (κ1) is 18.5. The van der Waals surface area contributed by atoms with E-state index in [2.05, 4.69) is 10.6 Å². The molecule has 0 heterocycles. The highest BCUT2D eigenvalue weighted by atomic mass is 16.2. The lowest BCUT2D eigenvalue weighted by atomic mass is 9.96. The Balaban J connectivity index is 1.68. The number of benzene rings is 1. The smallest absolute Gasteiger partial charge is 0.220 e. The van der Waals surface area contributed by atoms with Crippen molar-refractivity contribution in [2.45, 2.75) is 76.8 Å². The van der Waals surface area contributed by atoms with Gasteiger partial charge in [0.2, 0.25) is 11.8 Å². The van der Waals surface area contributed by atoms with Crippen molar-refractivity contribution in [2.24, 2.45) is 0 Å². The molecular formula is C20H30N2O2. The third-order valence-electron chi connectivity index (χ3n) is 4.73. The van der Waals surface area contributed by atoms with E-state index in [9.17, 15) is 9.59 Å². The van der Waals surface area contributed by atoms with Gasteiger partial charge in [0.1, 0.15) is 0 Å². The van der Waals surface area contributed by atoms with Crippen LogP contribution < -0.4 is 10.6 Å². The summed E-state index contributed by atoms with van der Waals surface area (Å²) in [6.07, 6.45) is 8.91.